The monoisotopic (exact) mass is 232 g/mol. The molecule has 0 radical (unpaired) electrons. The predicted molar refractivity (Wildman–Crippen MR) is 62.3 cm³/mol. The summed E-state index contributed by atoms with van der Waals surface area (Å²) in [6.45, 7) is 1.84. The zero-order valence-corrected chi connectivity index (χ0v) is 9.21. The minimum atomic E-state index is -1.06. The number of rotatable bonds is 2. The summed E-state index contributed by atoms with van der Waals surface area (Å²) >= 11 is 0. The maximum absolute atomic E-state index is 11.5. The van der Waals surface area contributed by atoms with Gasteiger partial charge < -0.3 is 15.8 Å². The summed E-state index contributed by atoms with van der Waals surface area (Å²) in [7, 11) is 0. The lowest BCUT2D eigenvalue weighted by Gasteiger charge is -2.09. The number of nitrogens with two attached hydrogens (primary N) is 1. The topological polar surface area (TPSA) is 105 Å². The van der Waals surface area contributed by atoms with E-state index in [1.54, 1.807) is 12.1 Å². The Morgan fingerprint density at radius 1 is 1.47 bits per heavy atom. The fourth-order valence-electron chi connectivity index (χ4n) is 1.44. The standard InChI is InChI=1S/C11H12N4O2/c1-6-2-3-7(4-13-6)9(16)8-5-14-11(12)15-10(8)17/h2-5,9,16H,1H3,(H3,12,14,15,17). The van der Waals surface area contributed by atoms with Gasteiger partial charge in [0.2, 0.25) is 5.95 Å². The zero-order valence-electron chi connectivity index (χ0n) is 9.21. The first-order valence-corrected chi connectivity index (χ1v) is 5.03. The van der Waals surface area contributed by atoms with Gasteiger partial charge in [-0.05, 0) is 13.0 Å². The molecule has 6 nitrogen and oxygen atoms in total. The van der Waals surface area contributed by atoms with Crippen LogP contribution in [0.3, 0.4) is 0 Å². The van der Waals surface area contributed by atoms with Gasteiger partial charge in [0.15, 0.2) is 0 Å². The van der Waals surface area contributed by atoms with E-state index in [-0.39, 0.29) is 11.5 Å². The number of anilines is 1. The van der Waals surface area contributed by atoms with Crippen molar-refractivity contribution in [1.82, 2.24) is 15.0 Å². The molecule has 0 aliphatic rings. The first-order chi connectivity index (χ1) is 8.08. The summed E-state index contributed by atoms with van der Waals surface area (Å²) in [5, 5.41) is 10.0. The second kappa shape index (κ2) is 4.34. The summed E-state index contributed by atoms with van der Waals surface area (Å²) in [6, 6.07) is 3.47. The van der Waals surface area contributed by atoms with Crippen molar-refractivity contribution >= 4 is 5.95 Å². The Morgan fingerprint density at radius 3 is 2.82 bits per heavy atom. The molecule has 0 saturated carbocycles. The quantitative estimate of drug-likeness (QED) is 0.683. The second-order valence-corrected chi connectivity index (χ2v) is 3.68. The molecular formula is C11H12N4O2. The molecule has 4 N–H and O–H groups in total. The lowest BCUT2D eigenvalue weighted by molar-refractivity contribution is 0.217. The molecule has 1 atom stereocenters. The maximum atomic E-state index is 11.5. The van der Waals surface area contributed by atoms with Gasteiger partial charge in [0.1, 0.15) is 6.10 Å². The Morgan fingerprint density at radius 2 is 2.24 bits per heavy atom. The Bertz CT molecular complexity index is 577. The second-order valence-electron chi connectivity index (χ2n) is 3.68. The van der Waals surface area contributed by atoms with Crippen molar-refractivity contribution in [3.8, 4) is 0 Å². The summed E-state index contributed by atoms with van der Waals surface area (Å²) < 4.78 is 0. The molecule has 0 spiro atoms. The lowest BCUT2D eigenvalue weighted by atomic mass is 10.1. The van der Waals surface area contributed by atoms with E-state index in [0.29, 0.717) is 5.56 Å². The molecule has 0 bridgehead atoms. The largest absolute Gasteiger partial charge is 0.383 e. The van der Waals surface area contributed by atoms with Crippen LogP contribution in [-0.4, -0.2) is 20.1 Å². The van der Waals surface area contributed by atoms with E-state index in [9.17, 15) is 9.90 Å². The highest BCUT2D eigenvalue weighted by Gasteiger charge is 2.15. The fraction of sp³-hybridized carbons (Fsp3) is 0.182. The highest BCUT2D eigenvalue weighted by molar-refractivity contribution is 5.27. The van der Waals surface area contributed by atoms with E-state index in [2.05, 4.69) is 15.0 Å². The zero-order chi connectivity index (χ0) is 12.4. The van der Waals surface area contributed by atoms with E-state index in [1.807, 2.05) is 6.92 Å². The van der Waals surface area contributed by atoms with E-state index >= 15 is 0 Å². The highest BCUT2D eigenvalue weighted by Crippen LogP contribution is 2.17. The van der Waals surface area contributed by atoms with Gasteiger partial charge in [0.05, 0.1) is 5.56 Å². The Hall–Kier alpha value is -2.21. The van der Waals surface area contributed by atoms with Crippen molar-refractivity contribution in [2.75, 3.05) is 5.73 Å². The van der Waals surface area contributed by atoms with Crippen LogP contribution in [0.15, 0.2) is 29.3 Å². The van der Waals surface area contributed by atoms with Crippen molar-refractivity contribution in [3.05, 3.63) is 51.7 Å². The summed E-state index contributed by atoms with van der Waals surface area (Å²) in [5.41, 5.74) is 6.30. The summed E-state index contributed by atoms with van der Waals surface area (Å²) in [5.74, 6) is 0.0213. The number of hydrogen-bond donors (Lipinski definition) is 3. The number of nitrogen functional groups attached to an aromatic ring is 1. The SMILES string of the molecule is Cc1ccc(C(O)c2c[nH]c(N)nc2=O)cn1. The Balaban J connectivity index is 2.40. The molecule has 2 aromatic heterocycles. The van der Waals surface area contributed by atoms with Crippen molar-refractivity contribution in [2.24, 2.45) is 0 Å². The van der Waals surface area contributed by atoms with Crippen LogP contribution in [-0.2, 0) is 0 Å². The third kappa shape index (κ3) is 2.31. The van der Waals surface area contributed by atoms with Gasteiger partial charge in [0, 0.05) is 23.7 Å². The van der Waals surface area contributed by atoms with Gasteiger partial charge in [-0.15, -0.1) is 0 Å². The van der Waals surface area contributed by atoms with Crippen molar-refractivity contribution in [3.63, 3.8) is 0 Å². The van der Waals surface area contributed by atoms with Crippen molar-refractivity contribution < 1.29 is 5.11 Å². The molecule has 0 aromatic carbocycles. The van der Waals surface area contributed by atoms with Crippen LogP contribution in [0.4, 0.5) is 5.95 Å². The molecular weight excluding hydrogens is 220 g/mol. The first kappa shape index (κ1) is 11.3. The third-order valence-corrected chi connectivity index (χ3v) is 2.39. The summed E-state index contributed by atoms with van der Waals surface area (Å²) in [4.78, 5) is 21.7. The number of nitrogens with one attached hydrogen (secondary N) is 1. The molecule has 1 unspecified atom stereocenters. The minimum absolute atomic E-state index is 0.0213. The van der Waals surface area contributed by atoms with Gasteiger partial charge in [-0.3, -0.25) is 9.78 Å². The van der Waals surface area contributed by atoms with E-state index < -0.39 is 11.7 Å². The normalized spacial score (nSPS) is 12.4. The molecule has 0 amide bonds. The van der Waals surface area contributed by atoms with Gasteiger partial charge in [0.25, 0.3) is 5.56 Å². The van der Waals surface area contributed by atoms with Crippen molar-refractivity contribution in [1.29, 1.82) is 0 Å². The van der Waals surface area contributed by atoms with Crippen LogP contribution < -0.4 is 11.3 Å². The van der Waals surface area contributed by atoms with E-state index in [4.69, 9.17) is 5.73 Å². The van der Waals surface area contributed by atoms with Crippen LogP contribution in [0.2, 0.25) is 0 Å². The molecule has 0 fully saturated rings. The van der Waals surface area contributed by atoms with Crippen LogP contribution in [0.1, 0.15) is 22.9 Å². The molecule has 2 rings (SSSR count). The van der Waals surface area contributed by atoms with Crippen LogP contribution in [0, 0.1) is 6.92 Å². The van der Waals surface area contributed by atoms with Gasteiger partial charge in [-0.25, -0.2) is 0 Å². The molecule has 2 heterocycles. The van der Waals surface area contributed by atoms with Crippen molar-refractivity contribution in [2.45, 2.75) is 13.0 Å². The molecule has 2 aromatic rings. The highest BCUT2D eigenvalue weighted by atomic mass is 16.3. The number of aliphatic hydroxyl groups is 1. The van der Waals surface area contributed by atoms with Gasteiger partial charge >= 0.3 is 0 Å². The minimum Gasteiger partial charge on any atom is -0.383 e. The Kier molecular flexibility index (Phi) is 2.88. The average molecular weight is 232 g/mol. The number of nitrogens with zero attached hydrogens (tertiary/aromatic N) is 2. The molecule has 0 aliphatic heterocycles. The number of hydrogen-bond acceptors (Lipinski definition) is 5. The number of H-pyrrole nitrogens is 1. The summed E-state index contributed by atoms with van der Waals surface area (Å²) in [6.07, 6.45) is 1.82. The van der Waals surface area contributed by atoms with E-state index in [1.165, 1.54) is 12.4 Å². The number of aliphatic hydroxyl groups excluding tert-OH is 1. The maximum Gasteiger partial charge on any atom is 0.280 e. The van der Waals surface area contributed by atoms with Crippen LogP contribution in [0.25, 0.3) is 0 Å². The average Bonchev–Trinajstić information content (AvgIpc) is 2.29. The molecule has 17 heavy (non-hydrogen) atoms. The van der Waals surface area contributed by atoms with Gasteiger partial charge in [-0.1, -0.05) is 6.07 Å². The fourth-order valence-corrected chi connectivity index (χ4v) is 1.44. The number of pyridine rings is 1. The third-order valence-electron chi connectivity index (χ3n) is 2.39. The molecule has 88 valence electrons. The number of aromatic amines is 1. The van der Waals surface area contributed by atoms with Gasteiger partial charge in [-0.2, -0.15) is 4.98 Å². The van der Waals surface area contributed by atoms with E-state index in [0.717, 1.165) is 5.69 Å². The number of aromatic nitrogens is 3. The number of aryl methyl sites for hydroxylation is 1. The molecule has 0 saturated heterocycles. The first-order valence-electron chi connectivity index (χ1n) is 5.03. The lowest BCUT2D eigenvalue weighted by Crippen LogP contribution is -2.19. The Labute approximate surface area is 97.2 Å². The predicted octanol–water partition coefficient (Wildman–Crippen LogP) is 0.137. The van der Waals surface area contributed by atoms with Crippen LogP contribution in [0.5, 0.6) is 0 Å². The smallest absolute Gasteiger partial charge is 0.280 e. The molecule has 0 aliphatic carbocycles. The van der Waals surface area contributed by atoms with Crippen LogP contribution >= 0.6 is 0 Å². The molecule has 6 heteroatoms.